The van der Waals surface area contributed by atoms with Crippen LogP contribution in [0.15, 0.2) is 48.6 Å². The Bertz CT molecular complexity index is 1790. The highest BCUT2D eigenvalue weighted by atomic mass is 35.5. The molecule has 1 spiro atoms. The summed E-state index contributed by atoms with van der Waals surface area (Å²) in [6.45, 7) is 4.02. The minimum absolute atomic E-state index is 0.0104. The fourth-order valence-electron chi connectivity index (χ4n) is 8.06. The van der Waals surface area contributed by atoms with E-state index in [1.165, 1.54) is 33.2 Å². The van der Waals surface area contributed by atoms with Gasteiger partial charge < -0.3 is 19.6 Å². The summed E-state index contributed by atoms with van der Waals surface area (Å²) in [5.74, 6) is -8.03. The number of alkyl halides is 2. The molecule has 2 aromatic rings. The lowest BCUT2D eigenvalue weighted by Crippen LogP contribution is -2.64. The van der Waals surface area contributed by atoms with Gasteiger partial charge in [-0.25, -0.2) is 13.1 Å². The average Bonchev–Trinajstić information content (AvgIpc) is 3.18. The van der Waals surface area contributed by atoms with Crippen LogP contribution in [0.3, 0.4) is 0 Å². The summed E-state index contributed by atoms with van der Waals surface area (Å²) >= 11 is 6.38. The van der Waals surface area contributed by atoms with Gasteiger partial charge in [-0.3, -0.25) is 9.59 Å². The maximum Gasteiger partial charge on any atom is 0.356 e. The van der Waals surface area contributed by atoms with E-state index >= 15 is 8.78 Å². The van der Waals surface area contributed by atoms with Gasteiger partial charge in [0.05, 0.1) is 17.5 Å². The molecule has 1 saturated carbocycles. The molecule has 49 heavy (non-hydrogen) atoms. The Hall–Kier alpha value is -3.22. The normalized spacial score (nSPS) is 32.0. The molecular weight excluding hydrogens is 676 g/mol. The Kier molecular flexibility index (Phi) is 9.32. The van der Waals surface area contributed by atoms with Crippen LogP contribution in [0.1, 0.15) is 67.4 Å². The molecule has 13 heteroatoms. The lowest BCUT2D eigenvalue weighted by Gasteiger charge is -2.50. The lowest BCUT2D eigenvalue weighted by atomic mass is 9.62. The van der Waals surface area contributed by atoms with E-state index in [0.29, 0.717) is 36.0 Å². The summed E-state index contributed by atoms with van der Waals surface area (Å²) < 4.78 is 67.8. The fourth-order valence-corrected chi connectivity index (χ4v) is 9.54. The van der Waals surface area contributed by atoms with Crippen molar-refractivity contribution in [2.75, 3.05) is 38.7 Å². The molecule has 2 N–H and O–H groups in total. The number of fused-ring (bicyclic) bond motifs is 4. The first kappa shape index (κ1) is 35.6. The topological polar surface area (TPSA) is 116 Å². The quantitative estimate of drug-likeness (QED) is 0.403. The second-order valence-electron chi connectivity index (χ2n) is 14.6. The van der Waals surface area contributed by atoms with Crippen LogP contribution in [-0.2, 0) is 26.7 Å². The van der Waals surface area contributed by atoms with Gasteiger partial charge in [0, 0.05) is 49.1 Å². The summed E-state index contributed by atoms with van der Waals surface area (Å²) in [6, 6.07) is 10.6. The summed E-state index contributed by atoms with van der Waals surface area (Å²) in [7, 11) is -1.74. The third kappa shape index (κ3) is 6.22. The fraction of sp³-hybridized carbons (Fsp3) is 0.556. The zero-order valence-corrected chi connectivity index (χ0v) is 29.8. The molecule has 2 amide bonds. The largest absolute Gasteiger partial charge is 0.490 e. The van der Waals surface area contributed by atoms with Crippen LogP contribution in [0.4, 0.5) is 14.5 Å². The van der Waals surface area contributed by atoms with Crippen molar-refractivity contribution in [1.82, 2.24) is 9.62 Å². The molecule has 2 aliphatic heterocycles. The van der Waals surface area contributed by atoms with Crippen molar-refractivity contribution in [2.45, 2.75) is 74.6 Å². The van der Waals surface area contributed by atoms with E-state index in [1.807, 2.05) is 23.1 Å². The monoisotopic (exact) mass is 719 g/mol. The molecule has 9 nitrogen and oxygen atoms in total. The van der Waals surface area contributed by atoms with E-state index < -0.39 is 61.8 Å². The first-order valence-corrected chi connectivity index (χ1v) is 18.8. The van der Waals surface area contributed by atoms with Gasteiger partial charge in [-0.2, -0.15) is 8.78 Å². The number of hydrogen-bond acceptors (Lipinski definition) is 7. The van der Waals surface area contributed by atoms with Crippen LogP contribution in [0, 0.1) is 17.8 Å². The first-order chi connectivity index (χ1) is 23.0. The highest BCUT2D eigenvalue weighted by molar-refractivity contribution is 7.90. The number of allylic oxidation sites excluding steroid dienone is 1. The Labute approximate surface area is 291 Å². The minimum Gasteiger partial charge on any atom is -0.490 e. The van der Waals surface area contributed by atoms with Crippen molar-refractivity contribution in [3.8, 4) is 5.75 Å². The minimum atomic E-state index is -4.19. The van der Waals surface area contributed by atoms with Crippen molar-refractivity contribution in [3.05, 3.63) is 70.3 Å². The number of nitrogens with zero attached hydrogens (tertiary/aromatic N) is 2. The number of aliphatic hydroxyl groups is 1. The molecule has 1 fully saturated rings. The Morgan fingerprint density at radius 3 is 2.61 bits per heavy atom. The second-order valence-corrected chi connectivity index (χ2v) is 17.1. The molecule has 2 heterocycles. The van der Waals surface area contributed by atoms with Crippen molar-refractivity contribution in [3.63, 3.8) is 0 Å². The lowest BCUT2D eigenvalue weighted by molar-refractivity contribution is -0.213. The zero-order valence-electron chi connectivity index (χ0n) is 28.2. The molecule has 0 aromatic heterocycles. The summed E-state index contributed by atoms with van der Waals surface area (Å²) in [4.78, 5) is 29.2. The van der Waals surface area contributed by atoms with E-state index in [9.17, 15) is 23.1 Å². The van der Waals surface area contributed by atoms with E-state index in [1.54, 1.807) is 19.1 Å². The molecule has 0 unspecified atom stereocenters. The first-order valence-electron chi connectivity index (χ1n) is 16.9. The summed E-state index contributed by atoms with van der Waals surface area (Å²) in [6.07, 6.45) is 5.65. The van der Waals surface area contributed by atoms with Crippen molar-refractivity contribution >= 4 is 39.1 Å². The van der Waals surface area contributed by atoms with Gasteiger partial charge in [-0.05, 0) is 98.7 Å². The van der Waals surface area contributed by atoms with E-state index in [4.69, 9.17) is 16.3 Å². The summed E-state index contributed by atoms with van der Waals surface area (Å²) in [5, 5.41) is 11.6. The van der Waals surface area contributed by atoms with Gasteiger partial charge in [0.1, 0.15) is 5.75 Å². The van der Waals surface area contributed by atoms with Crippen LogP contribution in [0.2, 0.25) is 5.02 Å². The maximum atomic E-state index is 16.2. The smallest absolute Gasteiger partial charge is 0.356 e. The zero-order chi connectivity index (χ0) is 35.5. The van der Waals surface area contributed by atoms with E-state index in [0.717, 1.165) is 41.4 Å². The van der Waals surface area contributed by atoms with Crippen LogP contribution in [0.25, 0.3) is 0 Å². The second kappa shape index (κ2) is 12.8. The number of hydrogen-bond donors (Lipinski definition) is 2. The van der Waals surface area contributed by atoms with Gasteiger partial charge >= 0.3 is 5.92 Å². The molecule has 2 aromatic carbocycles. The van der Waals surface area contributed by atoms with Gasteiger partial charge in [0.25, 0.3) is 11.8 Å². The molecule has 0 saturated heterocycles. The predicted octanol–water partition coefficient (Wildman–Crippen LogP) is 5.34. The highest BCUT2D eigenvalue weighted by Gasteiger charge is 2.64. The van der Waals surface area contributed by atoms with Crippen molar-refractivity contribution < 1.29 is 36.6 Å². The number of aryl methyl sites for hydroxylation is 1. The van der Waals surface area contributed by atoms with Crippen LogP contribution in [-0.4, -0.2) is 80.8 Å². The number of carbonyl (C=O) groups is 2. The Morgan fingerprint density at radius 1 is 1.16 bits per heavy atom. The average molecular weight is 720 g/mol. The van der Waals surface area contributed by atoms with Crippen LogP contribution < -0.4 is 14.4 Å². The molecule has 4 aliphatic rings. The van der Waals surface area contributed by atoms with Crippen LogP contribution >= 0.6 is 11.6 Å². The Morgan fingerprint density at radius 2 is 1.92 bits per heavy atom. The van der Waals surface area contributed by atoms with Gasteiger partial charge in [0.15, 0.2) is 5.60 Å². The third-order valence-corrected chi connectivity index (χ3v) is 13.5. The molecule has 266 valence electrons. The number of anilines is 1. The van der Waals surface area contributed by atoms with Crippen molar-refractivity contribution in [2.24, 2.45) is 17.8 Å². The Balaban J connectivity index is 1.49. The number of amides is 2. The molecule has 2 bridgehead atoms. The van der Waals surface area contributed by atoms with E-state index in [-0.39, 0.29) is 24.9 Å². The number of rotatable bonds is 2. The van der Waals surface area contributed by atoms with Gasteiger partial charge in [-0.1, -0.05) is 36.7 Å². The molecule has 6 atom stereocenters. The summed E-state index contributed by atoms with van der Waals surface area (Å²) in [5.41, 5.74) is -0.502. The molecular formula is C36H44ClF2N3O6S. The van der Waals surface area contributed by atoms with Gasteiger partial charge in [-0.15, -0.1) is 0 Å². The van der Waals surface area contributed by atoms with Crippen LogP contribution in [0.5, 0.6) is 5.75 Å². The predicted molar refractivity (Wildman–Crippen MR) is 184 cm³/mol. The number of ether oxygens (including phenoxy) is 1. The third-order valence-electron chi connectivity index (χ3n) is 11.3. The SMILES string of the molecule is C[C@@H]1[C@@H](C)C/C=C/[C@](O)(C(F)(F)C(=O)N(C)C)[C@@H]2CC[C@H]2CN2C[C@@]3(CCCc4cc(Cl)ccc43)COc3ccc(cc32)C(=O)NS1(=O)=O. The van der Waals surface area contributed by atoms with Gasteiger partial charge in [0.2, 0.25) is 10.0 Å². The molecule has 2 aliphatic carbocycles. The number of halogens is 3. The number of nitrogens with one attached hydrogen (secondary N) is 1. The van der Waals surface area contributed by atoms with Crippen molar-refractivity contribution in [1.29, 1.82) is 0 Å². The van der Waals surface area contributed by atoms with E-state index in [2.05, 4.69) is 4.72 Å². The number of carbonyl (C=O) groups excluding carboxylic acids is 2. The molecule has 6 rings (SSSR count). The number of sulfonamides is 1. The number of benzene rings is 2. The highest BCUT2D eigenvalue weighted by Crippen LogP contribution is 2.52. The standard InChI is InChI=1S/C36H44ClF2N3O6S/c1-22-7-5-16-35(45,36(38,39)33(44)41(3)4)29-12-9-26(29)19-42-20-34(15-6-8-24-17-27(37)11-13-28(24)34)21-48-31-14-10-25(18-30(31)42)32(43)40-49(46,47)23(22)2/h5,10-11,13-14,16-18,22-23,26,29,45H,6-9,12,15,19-21H2,1-4H3,(H,40,43)/b16-5+/t22-,23+,26-,29+,34-,35+/m0/s1. The molecule has 0 radical (unpaired) electrons. The maximum absolute atomic E-state index is 16.2.